The van der Waals surface area contributed by atoms with Gasteiger partial charge in [0.2, 0.25) is 0 Å². The summed E-state index contributed by atoms with van der Waals surface area (Å²) in [4.78, 5) is 4.05. The molecule has 4 nitrogen and oxygen atoms in total. The highest BCUT2D eigenvalue weighted by molar-refractivity contribution is 5.52. The number of rotatable bonds is 4. The smallest absolute Gasteiger partial charge is 0.123 e. The fourth-order valence-corrected chi connectivity index (χ4v) is 2.25. The minimum atomic E-state index is 0.357. The van der Waals surface area contributed by atoms with Crippen LogP contribution < -0.4 is 5.32 Å². The Kier molecular flexibility index (Phi) is 3.60. The van der Waals surface area contributed by atoms with Crippen LogP contribution >= 0.6 is 0 Å². The SMILES string of the molecule is Cc1cccc(CNc2cccc(-n3ccnc3)c2)c1O. The Hall–Kier alpha value is -2.75. The van der Waals surface area contributed by atoms with Crippen LogP contribution in [0.4, 0.5) is 5.69 Å². The molecule has 0 bridgehead atoms. The van der Waals surface area contributed by atoms with Crippen LogP contribution in [0.3, 0.4) is 0 Å². The zero-order chi connectivity index (χ0) is 14.7. The third-order valence-electron chi connectivity index (χ3n) is 3.45. The number of hydrogen-bond donors (Lipinski definition) is 2. The summed E-state index contributed by atoms with van der Waals surface area (Å²) in [7, 11) is 0. The van der Waals surface area contributed by atoms with Crippen molar-refractivity contribution in [3.63, 3.8) is 0 Å². The van der Waals surface area contributed by atoms with Crippen LogP contribution in [0.15, 0.2) is 61.2 Å². The highest BCUT2D eigenvalue weighted by Crippen LogP contribution is 2.23. The standard InChI is InChI=1S/C17H17N3O/c1-13-4-2-5-14(17(13)21)11-19-15-6-3-7-16(10-15)20-9-8-18-12-20/h2-10,12,19,21H,11H2,1H3. The van der Waals surface area contributed by atoms with E-state index in [1.165, 1.54) is 0 Å². The van der Waals surface area contributed by atoms with Crippen LogP contribution in [-0.2, 0) is 6.54 Å². The molecule has 0 radical (unpaired) electrons. The van der Waals surface area contributed by atoms with E-state index in [0.29, 0.717) is 12.3 Å². The summed E-state index contributed by atoms with van der Waals surface area (Å²) in [6.45, 7) is 2.49. The quantitative estimate of drug-likeness (QED) is 0.768. The normalized spacial score (nSPS) is 10.5. The predicted molar refractivity (Wildman–Crippen MR) is 83.7 cm³/mol. The highest BCUT2D eigenvalue weighted by Gasteiger charge is 2.04. The number of imidazole rings is 1. The van der Waals surface area contributed by atoms with Crippen molar-refractivity contribution in [3.05, 3.63) is 72.3 Å². The fourth-order valence-electron chi connectivity index (χ4n) is 2.25. The van der Waals surface area contributed by atoms with Gasteiger partial charge in [-0.25, -0.2) is 4.98 Å². The summed E-state index contributed by atoms with van der Waals surface area (Å²) in [6, 6.07) is 13.9. The molecule has 3 aromatic rings. The molecule has 0 spiro atoms. The van der Waals surface area contributed by atoms with Gasteiger partial charge < -0.3 is 15.0 Å². The number of aromatic hydroxyl groups is 1. The maximum Gasteiger partial charge on any atom is 0.123 e. The number of phenols is 1. The predicted octanol–water partition coefficient (Wildman–Crippen LogP) is 3.50. The lowest BCUT2D eigenvalue weighted by atomic mass is 10.1. The van der Waals surface area contributed by atoms with Gasteiger partial charge in [-0.3, -0.25) is 0 Å². The molecule has 4 heteroatoms. The van der Waals surface area contributed by atoms with Gasteiger partial charge in [0.1, 0.15) is 5.75 Å². The molecule has 0 aliphatic rings. The van der Waals surface area contributed by atoms with Gasteiger partial charge in [-0.15, -0.1) is 0 Å². The molecule has 0 aliphatic carbocycles. The van der Waals surface area contributed by atoms with Crippen molar-refractivity contribution in [3.8, 4) is 11.4 Å². The van der Waals surface area contributed by atoms with E-state index in [1.807, 2.05) is 54.1 Å². The number of aryl methyl sites for hydroxylation is 1. The number of phenolic OH excluding ortho intramolecular Hbond substituents is 1. The van der Waals surface area contributed by atoms with E-state index in [4.69, 9.17) is 0 Å². The van der Waals surface area contributed by atoms with Crippen LogP contribution in [0, 0.1) is 6.92 Å². The van der Waals surface area contributed by atoms with E-state index in [-0.39, 0.29) is 0 Å². The Morgan fingerprint density at radius 1 is 1.19 bits per heavy atom. The Morgan fingerprint density at radius 3 is 2.86 bits per heavy atom. The second-order valence-corrected chi connectivity index (χ2v) is 4.96. The number of benzene rings is 2. The molecular formula is C17H17N3O. The summed E-state index contributed by atoms with van der Waals surface area (Å²) >= 11 is 0. The van der Waals surface area contributed by atoms with Crippen molar-refractivity contribution in [2.75, 3.05) is 5.32 Å². The van der Waals surface area contributed by atoms with Crippen molar-refractivity contribution in [2.45, 2.75) is 13.5 Å². The van der Waals surface area contributed by atoms with Crippen LogP contribution in [-0.4, -0.2) is 14.7 Å². The molecule has 0 atom stereocenters. The van der Waals surface area contributed by atoms with Gasteiger partial charge in [0.05, 0.1) is 6.33 Å². The van der Waals surface area contributed by atoms with Crippen molar-refractivity contribution in [1.29, 1.82) is 0 Å². The molecule has 0 unspecified atom stereocenters. The lowest BCUT2D eigenvalue weighted by Crippen LogP contribution is -2.01. The average molecular weight is 279 g/mol. The second-order valence-electron chi connectivity index (χ2n) is 4.96. The van der Waals surface area contributed by atoms with Crippen LogP contribution in [0.25, 0.3) is 5.69 Å². The Bertz CT molecular complexity index is 736. The molecule has 106 valence electrons. The summed E-state index contributed by atoms with van der Waals surface area (Å²) in [5, 5.41) is 13.4. The third kappa shape index (κ3) is 2.89. The Morgan fingerprint density at radius 2 is 2.05 bits per heavy atom. The van der Waals surface area contributed by atoms with Gasteiger partial charge in [-0.1, -0.05) is 24.3 Å². The molecule has 0 aliphatic heterocycles. The minimum absolute atomic E-state index is 0.357. The summed E-state index contributed by atoms with van der Waals surface area (Å²) in [5.41, 5.74) is 3.83. The molecule has 1 heterocycles. The molecule has 1 aromatic heterocycles. The van der Waals surface area contributed by atoms with E-state index in [0.717, 1.165) is 22.5 Å². The molecular weight excluding hydrogens is 262 g/mol. The first-order chi connectivity index (χ1) is 10.2. The molecule has 21 heavy (non-hydrogen) atoms. The topological polar surface area (TPSA) is 50.1 Å². The maximum absolute atomic E-state index is 10.0. The highest BCUT2D eigenvalue weighted by atomic mass is 16.3. The first-order valence-electron chi connectivity index (χ1n) is 6.84. The average Bonchev–Trinajstić information content (AvgIpc) is 3.03. The fraction of sp³-hybridized carbons (Fsp3) is 0.118. The van der Waals surface area contributed by atoms with E-state index >= 15 is 0 Å². The third-order valence-corrected chi connectivity index (χ3v) is 3.45. The van der Waals surface area contributed by atoms with E-state index in [9.17, 15) is 5.11 Å². The van der Waals surface area contributed by atoms with Gasteiger partial charge >= 0.3 is 0 Å². The number of hydrogen-bond acceptors (Lipinski definition) is 3. The zero-order valence-corrected chi connectivity index (χ0v) is 11.8. The lowest BCUT2D eigenvalue weighted by Gasteiger charge is -2.11. The van der Waals surface area contributed by atoms with E-state index in [2.05, 4.69) is 16.4 Å². The largest absolute Gasteiger partial charge is 0.507 e. The zero-order valence-electron chi connectivity index (χ0n) is 11.8. The number of aromatic nitrogens is 2. The van der Waals surface area contributed by atoms with Crippen molar-refractivity contribution in [2.24, 2.45) is 0 Å². The monoisotopic (exact) mass is 279 g/mol. The molecule has 3 rings (SSSR count). The van der Waals surface area contributed by atoms with Gasteiger partial charge in [-0.2, -0.15) is 0 Å². The first-order valence-corrected chi connectivity index (χ1v) is 6.84. The molecule has 0 saturated heterocycles. The number of nitrogens with one attached hydrogen (secondary N) is 1. The Balaban J connectivity index is 1.77. The van der Waals surface area contributed by atoms with Crippen LogP contribution in [0.5, 0.6) is 5.75 Å². The van der Waals surface area contributed by atoms with E-state index in [1.54, 1.807) is 12.5 Å². The van der Waals surface area contributed by atoms with Gasteiger partial charge in [0.25, 0.3) is 0 Å². The molecule has 2 N–H and O–H groups in total. The molecule has 0 fully saturated rings. The summed E-state index contributed by atoms with van der Waals surface area (Å²) in [6.07, 6.45) is 5.43. The van der Waals surface area contributed by atoms with E-state index < -0.39 is 0 Å². The van der Waals surface area contributed by atoms with Gasteiger partial charge in [0.15, 0.2) is 0 Å². The molecule has 2 aromatic carbocycles. The van der Waals surface area contributed by atoms with Gasteiger partial charge in [-0.05, 0) is 30.7 Å². The van der Waals surface area contributed by atoms with Gasteiger partial charge in [0, 0.05) is 35.9 Å². The minimum Gasteiger partial charge on any atom is -0.507 e. The molecule has 0 amide bonds. The number of para-hydroxylation sites is 1. The Labute approximate surface area is 123 Å². The van der Waals surface area contributed by atoms with Crippen LogP contribution in [0.1, 0.15) is 11.1 Å². The number of nitrogens with zero attached hydrogens (tertiary/aromatic N) is 2. The first kappa shape index (κ1) is 13.2. The maximum atomic E-state index is 10.0. The number of anilines is 1. The van der Waals surface area contributed by atoms with Crippen molar-refractivity contribution >= 4 is 5.69 Å². The second kappa shape index (κ2) is 5.71. The van der Waals surface area contributed by atoms with Crippen LogP contribution in [0.2, 0.25) is 0 Å². The molecule has 0 saturated carbocycles. The summed E-state index contributed by atoms with van der Waals surface area (Å²) < 4.78 is 1.95. The lowest BCUT2D eigenvalue weighted by molar-refractivity contribution is 0.465. The van der Waals surface area contributed by atoms with Crippen molar-refractivity contribution in [1.82, 2.24) is 9.55 Å². The van der Waals surface area contributed by atoms with Crippen molar-refractivity contribution < 1.29 is 5.11 Å². The summed E-state index contributed by atoms with van der Waals surface area (Å²) in [5.74, 6) is 0.357.